The molecule has 0 aromatic heterocycles. The molecule has 21 heavy (non-hydrogen) atoms. The third-order valence-corrected chi connectivity index (χ3v) is 3.53. The second kappa shape index (κ2) is 13.9. The van der Waals surface area contributed by atoms with E-state index in [0.717, 1.165) is 19.3 Å². The Kier molecular flexibility index (Phi) is 13.2. The molecule has 0 amide bonds. The quantitative estimate of drug-likeness (QED) is 0.373. The number of hydrogen-bond acceptors (Lipinski definition) is 3. The molecule has 0 saturated carbocycles. The Hall–Kier alpha value is -1.06. The zero-order valence-corrected chi connectivity index (χ0v) is 13.7. The van der Waals surface area contributed by atoms with Crippen LogP contribution in [0.1, 0.15) is 90.9 Å². The third-order valence-electron chi connectivity index (χ3n) is 3.53. The maximum Gasteiger partial charge on any atom is 0.307 e. The van der Waals surface area contributed by atoms with Gasteiger partial charge in [0.2, 0.25) is 0 Å². The van der Waals surface area contributed by atoms with Gasteiger partial charge < -0.3 is 9.84 Å². The summed E-state index contributed by atoms with van der Waals surface area (Å²) in [6.45, 7) is 4.12. The van der Waals surface area contributed by atoms with Crippen molar-refractivity contribution in [3.05, 3.63) is 0 Å². The fourth-order valence-corrected chi connectivity index (χ4v) is 2.35. The van der Waals surface area contributed by atoms with Crippen LogP contribution in [0.5, 0.6) is 0 Å². The van der Waals surface area contributed by atoms with Gasteiger partial charge in [-0.05, 0) is 19.3 Å². The molecule has 0 rings (SSSR count). The first kappa shape index (κ1) is 19.9. The molecule has 0 bridgehead atoms. The van der Waals surface area contributed by atoms with Gasteiger partial charge in [-0.25, -0.2) is 0 Å². The molecule has 0 fully saturated rings. The lowest BCUT2D eigenvalue weighted by atomic mass is 10.0. The molecule has 0 saturated heterocycles. The van der Waals surface area contributed by atoms with Gasteiger partial charge in [0.15, 0.2) is 0 Å². The molecule has 0 aromatic rings. The Bertz CT molecular complexity index is 276. The van der Waals surface area contributed by atoms with E-state index in [1.807, 2.05) is 6.92 Å². The standard InChI is InChI=1S/C17H32O4/c1-3-5-6-7-8-9-10-11-13-15(14-16(18)19)21-17(20)12-4-2/h15H,3-14H2,1-2H3,(H,18,19). The highest BCUT2D eigenvalue weighted by atomic mass is 16.5. The largest absolute Gasteiger partial charge is 0.481 e. The van der Waals surface area contributed by atoms with Crippen molar-refractivity contribution in [2.24, 2.45) is 0 Å². The summed E-state index contributed by atoms with van der Waals surface area (Å²) in [5.41, 5.74) is 0. The Balaban J connectivity index is 3.75. The summed E-state index contributed by atoms with van der Waals surface area (Å²) in [7, 11) is 0. The van der Waals surface area contributed by atoms with E-state index in [1.54, 1.807) is 0 Å². The number of aliphatic carboxylic acids is 1. The first-order valence-electron chi connectivity index (χ1n) is 8.51. The molecule has 0 radical (unpaired) electrons. The van der Waals surface area contributed by atoms with Crippen LogP contribution in [0.2, 0.25) is 0 Å². The molecule has 0 heterocycles. The van der Waals surface area contributed by atoms with Crippen LogP contribution in [0.3, 0.4) is 0 Å². The molecule has 0 aromatic carbocycles. The van der Waals surface area contributed by atoms with E-state index in [2.05, 4.69) is 6.92 Å². The fourth-order valence-electron chi connectivity index (χ4n) is 2.35. The van der Waals surface area contributed by atoms with Gasteiger partial charge in [0.25, 0.3) is 0 Å². The highest BCUT2D eigenvalue weighted by Crippen LogP contribution is 2.14. The molecule has 0 aliphatic carbocycles. The SMILES string of the molecule is CCCCCCCCCCC(CC(=O)O)OC(=O)CCC. The van der Waals surface area contributed by atoms with Crippen molar-refractivity contribution in [2.75, 3.05) is 0 Å². The molecule has 1 unspecified atom stereocenters. The number of carbonyl (C=O) groups excluding carboxylic acids is 1. The van der Waals surface area contributed by atoms with Gasteiger partial charge in [-0.3, -0.25) is 9.59 Å². The summed E-state index contributed by atoms with van der Waals surface area (Å²) in [5.74, 6) is -1.17. The van der Waals surface area contributed by atoms with E-state index in [1.165, 1.54) is 38.5 Å². The van der Waals surface area contributed by atoms with Crippen molar-refractivity contribution >= 4 is 11.9 Å². The summed E-state index contributed by atoms with van der Waals surface area (Å²) in [4.78, 5) is 22.2. The van der Waals surface area contributed by atoms with Crippen molar-refractivity contribution in [3.8, 4) is 0 Å². The number of rotatable bonds is 14. The normalized spacial score (nSPS) is 12.1. The van der Waals surface area contributed by atoms with E-state index < -0.39 is 12.1 Å². The van der Waals surface area contributed by atoms with Crippen molar-refractivity contribution in [2.45, 2.75) is 97.0 Å². The lowest BCUT2D eigenvalue weighted by Crippen LogP contribution is -2.21. The Morgan fingerprint density at radius 3 is 2.00 bits per heavy atom. The van der Waals surface area contributed by atoms with Gasteiger partial charge in [0.1, 0.15) is 6.10 Å². The number of esters is 1. The molecule has 1 N–H and O–H groups in total. The molecule has 124 valence electrons. The van der Waals surface area contributed by atoms with E-state index in [9.17, 15) is 9.59 Å². The second-order valence-corrected chi connectivity index (χ2v) is 5.72. The van der Waals surface area contributed by atoms with E-state index in [-0.39, 0.29) is 12.4 Å². The Morgan fingerprint density at radius 2 is 1.48 bits per heavy atom. The molecule has 4 nitrogen and oxygen atoms in total. The molecule has 1 atom stereocenters. The molecule has 0 aliphatic heterocycles. The number of hydrogen-bond donors (Lipinski definition) is 1. The molecule has 0 spiro atoms. The summed E-state index contributed by atoms with van der Waals surface area (Å²) >= 11 is 0. The van der Waals surface area contributed by atoms with Crippen LogP contribution in [-0.4, -0.2) is 23.1 Å². The fraction of sp³-hybridized carbons (Fsp3) is 0.882. The minimum Gasteiger partial charge on any atom is -0.481 e. The van der Waals surface area contributed by atoms with Crippen LogP contribution in [0.4, 0.5) is 0 Å². The van der Waals surface area contributed by atoms with Gasteiger partial charge in [-0.1, -0.05) is 58.8 Å². The van der Waals surface area contributed by atoms with Crippen molar-refractivity contribution < 1.29 is 19.4 Å². The van der Waals surface area contributed by atoms with Gasteiger partial charge >= 0.3 is 11.9 Å². The first-order valence-corrected chi connectivity index (χ1v) is 8.51. The van der Waals surface area contributed by atoms with Crippen molar-refractivity contribution in [3.63, 3.8) is 0 Å². The van der Waals surface area contributed by atoms with E-state index in [4.69, 9.17) is 9.84 Å². The highest BCUT2D eigenvalue weighted by molar-refractivity contribution is 5.71. The number of ether oxygens (including phenoxy) is 1. The van der Waals surface area contributed by atoms with Crippen molar-refractivity contribution in [1.29, 1.82) is 0 Å². The maximum atomic E-state index is 11.5. The van der Waals surface area contributed by atoms with Crippen LogP contribution < -0.4 is 0 Å². The average Bonchev–Trinajstić information content (AvgIpc) is 2.41. The van der Waals surface area contributed by atoms with Crippen molar-refractivity contribution in [1.82, 2.24) is 0 Å². The number of carboxylic acid groups (broad SMARTS) is 1. The number of unbranched alkanes of at least 4 members (excludes halogenated alkanes) is 7. The minimum absolute atomic E-state index is 0.0774. The lowest BCUT2D eigenvalue weighted by molar-refractivity contribution is -0.153. The topological polar surface area (TPSA) is 63.6 Å². The van der Waals surface area contributed by atoms with Crippen LogP contribution in [0.25, 0.3) is 0 Å². The summed E-state index contributed by atoms with van der Waals surface area (Å²) < 4.78 is 5.24. The predicted octanol–water partition coefficient (Wildman–Crippen LogP) is 4.70. The Morgan fingerprint density at radius 1 is 0.905 bits per heavy atom. The highest BCUT2D eigenvalue weighted by Gasteiger charge is 2.17. The molecular formula is C17H32O4. The predicted molar refractivity (Wildman–Crippen MR) is 84.3 cm³/mol. The van der Waals surface area contributed by atoms with Crippen LogP contribution in [0.15, 0.2) is 0 Å². The van der Waals surface area contributed by atoms with Gasteiger partial charge in [0.05, 0.1) is 6.42 Å². The van der Waals surface area contributed by atoms with Crippen LogP contribution in [0, 0.1) is 0 Å². The zero-order chi connectivity index (χ0) is 15.9. The molecule has 4 heteroatoms. The summed E-state index contributed by atoms with van der Waals surface area (Å²) in [6.07, 6.45) is 10.9. The van der Waals surface area contributed by atoms with Crippen LogP contribution >= 0.6 is 0 Å². The number of carbonyl (C=O) groups is 2. The van der Waals surface area contributed by atoms with E-state index >= 15 is 0 Å². The monoisotopic (exact) mass is 300 g/mol. The first-order chi connectivity index (χ1) is 10.1. The van der Waals surface area contributed by atoms with Gasteiger partial charge in [-0.2, -0.15) is 0 Å². The maximum absolute atomic E-state index is 11.5. The third kappa shape index (κ3) is 13.7. The average molecular weight is 300 g/mol. The lowest BCUT2D eigenvalue weighted by Gasteiger charge is -2.16. The van der Waals surface area contributed by atoms with E-state index in [0.29, 0.717) is 12.8 Å². The van der Waals surface area contributed by atoms with Gasteiger partial charge in [0, 0.05) is 6.42 Å². The Labute approximate surface area is 129 Å². The van der Waals surface area contributed by atoms with Gasteiger partial charge in [-0.15, -0.1) is 0 Å². The molecular weight excluding hydrogens is 268 g/mol. The minimum atomic E-state index is -0.899. The summed E-state index contributed by atoms with van der Waals surface area (Å²) in [6, 6.07) is 0. The summed E-state index contributed by atoms with van der Waals surface area (Å²) in [5, 5.41) is 8.86. The number of carboxylic acids is 1. The zero-order valence-electron chi connectivity index (χ0n) is 13.7. The molecule has 0 aliphatic rings. The second-order valence-electron chi connectivity index (χ2n) is 5.72. The smallest absolute Gasteiger partial charge is 0.307 e. The van der Waals surface area contributed by atoms with Crippen LogP contribution in [-0.2, 0) is 14.3 Å².